The number of nitrogens with two attached hydrogens (primary N) is 1. The lowest BCUT2D eigenvalue weighted by Crippen LogP contribution is -2.22. The van der Waals surface area contributed by atoms with Gasteiger partial charge in [-0.15, -0.1) is 0 Å². The molecule has 126 valence electrons. The van der Waals surface area contributed by atoms with Crippen molar-refractivity contribution in [2.75, 3.05) is 17.2 Å². The minimum atomic E-state index is -0.166. The molecule has 0 aliphatic carbocycles. The summed E-state index contributed by atoms with van der Waals surface area (Å²) in [6.07, 6.45) is 0.111. The molecule has 0 aliphatic heterocycles. The van der Waals surface area contributed by atoms with Gasteiger partial charge in [-0.2, -0.15) is 0 Å². The monoisotopic (exact) mass is 326 g/mol. The minimum Gasteiger partial charge on any atom is -0.491 e. The van der Waals surface area contributed by atoms with Gasteiger partial charge < -0.3 is 21.1 Å². The molecule has 6 nitrogen and oxygen atoms in total. The summed E-state index contributed by atoms with van der Waals surface area (Å²) in [7, 11) is 0. The molecular formula is C18H22N4O2. The van der Waals surface area contributed by atoms with Crippen LogP contribution in [0.15, 0.2) is 48.5 Å². The molecule has 1 amide bonds. The number of nitrogen functional groups attached to an aromatic ring is 1. The normalized spacial score (nSPS) is 10.3. The van der Waals surface area contributed by atoms with Gasteiger partial charge in [0.05, 0.1) is 12.6 Å². The molecular weight excluding hydrogens is 304 g/mol. The van der Waals surface area contributed by atoms with Crippen molar-refractivity contribution < 1.29 is 9.53 Å². The van der Waals surface area contributed by atoms with E-state index in [1.54, 1.807) is 30.3 Å². The molecule has 0 unspecified atom stereocenters. The van der Waals surface area contributed by atoms with E-state index in [1.165, 1.54) is 0 Å². The van der Waals surface area contributed by atoms with Gasteiger partial charge in [0.25, 0.3) is 0 Å². The van der Waals surface area contributed by atoms with E-state index in [9.17, 15) is 4.79 Å². The zero-order valence-electron chi connectivity index (χ0n) is 13.8. The molecule has 0 fully saturated rings. The maximum atomic E-state index is 12.0. The molecule has 0 heterocycles. The fourth-order valence-corrected chi connectivity index (χ4v) is 2.07. The molecule has 24 heavy (non-hydrogen) atoms. The fraction of sp³-hybridized carbons (Fsp3) is 0.222. The van der Waals surface area contributed by atoms with E-state index in [-0.39, 0.29) is 24.4 Å². The molecule has 0 aliphatic rings. The second-order valence-electron chi connectivity index (χ2n) is 5.59. The van der Waals surface area contributed by atoms with Crippen LogP contribution in [0.25, 0.3) is 0 Å². The lowest BCUT2D eigenvalue weighted by molar-refractivity contribution is -0.114. The van der Waals surface area contributed by atoms with E-state index in [1.807, 2.05) is 32.0 Å². The van der Waals surface area contributed by atoms with Crippen LogP contribution >= 0.6 is 0 Å². The molecule has 0 bridgehead atoms. The largest absolute Gasteiger partial charge is 0.491 e. The molecule has 0 spiro atoms. The standard InChI is InChI=1S/C18H22N4O2/c1-12(2)24-16-8-6-14(7-9-16)22-17(23)11-21-15-5-3-4-13(10-15)18(19)20/h3-10,12,21H,11H2,1-2H3,(H3,19,20)(H,22,23). The van der Waals surface area contributed by atoms with Crippen LogP contribution in [-0.2, 0) is 4.79 Å². The first-order chi connectivity index (χ1) is 11.4. The number of amidine groups is 1. The van der Waals surface area contributed by atoms with Crippen LogP contribution in [0.2, 0.25) is 0 Å². The lowest BCUT2D eigenvalue weighted by Gasteiger charge is -2.11. The van der Waals surface area contributed by atoms with Crippen LogP contribution in [0.3, 0.4) is 0 Å². The van der Waals surface area contributed by atoms with E-state index in [2.05, 4.69) is 10.6 Å². The molecule has 2 aromatic carbocycles. The van der Waals surface area contributed by atoms with Gasteiger partial charge in [-0.05, 0) is 50.2 Å². The molecule has 2 aromatic rings. The van der Waals surface area contributed by atoms with Gasteiger partial charge in [0.1, 0.15) is 11.6 Å². The molecule has 5 N–H and O–H groups in total. The first kappa shape index (κ1) is 17.3. The summed E-state index contributed by atoms with van der Waals surface area (Å²) >= 11 is 0. The second kappa shape index (κ2) is 8.01. The number of carbonyl (C=O) groups excluding carboxylic acids is 1. The molecule has 0 radical (unpaired) electrons. The van der Waals surface area contributed by atoms with Crippen molar-refractivity contribution in [1.82, 2.24) is 0 Å². The van der Waals surface area contributed by atoms with Crippen LogP contribution in [0, 0.1) is 5.41 Å². The SMILES string of the molecule is CC(C)Oc1ccc(NC(=O)CNc2cccc(C(=N)N)c2)cc1. The Labute approximate surface area is 141 Å². The summed E-state index contributed by atoms with van der Waals surface area (Å²) in [6.45, 7) is 4.04. The third-order valence-electron chi connectivity index (χ3n) is 3.14. The average Bonchev–Trinajstić information content (AvgIpc) is 2.54. The zero-order valence-corrected chi connectivity index (χ0v) is 13.8. The first-order valence-electron chi connectivity index (χ1n) is 7.69. The van der Waals surface area contributed by atoms with Gasteiger partial charge in [0, 0.05) is 16.9 Å². The Hall–Kier alpha value is -3.02. The smallest absolute Gasteiger partial charge is 0.243 e. The van der Waals surface area contributed by atoms with Crippen molar-refractivity contribution in [1.29, 1.82) is 5.41 Å². The fourth-order valence-electron chi connectivity index (χ4n) is 2.07. The van der Waals surface area contributed by atoms with Crippen LogP contribution in [-0.4, -0.2) is 24.4 Å². The van der Waals surface area contributed by atoms with Crippen molar-refractivity contribution in [3.05, 3.63) is 54.1 Å². The van der Waals surface area contributed by atoms with Gasteiger partial charge >= 0.3 is 0 Å². The molecule has 6 heteroatoms. The highest BCUT2D eigenvalue weighted by Gasteiger charge is 2.04. The number of carbonyl (C=O) groups is 1. The van der Waals surface area contributed by atoms with Crippen molar-refractivity contribution >= 4 is 23.1 Å². The summed E-state index contributed by atoms with van der Waals surface area (Å²) in [6, 6.07) is 14.3. The highest BCUT2D eigenvalue weighted by molar-refractivity contribution is 5.96. The van der Waals surface area contributed by atoms with Crippen LogP contribution in [0.4, 0.5) is 11.4 Å². The van der Waals surface area contributed by atoms with Crippen LogP contribution in [0.1, 0.15) is 19.4 Å². The Balaban J connectivity index is 1.87. The first-order valence-corrected chi connectivity index (χ1v) is 7.69. The number of nitrogens with one attached hydrogen (secondary N) is 3. The Morgan fingerprint density at radius 1 is 1.17 bits per heavy atom. The van der Waals surface area contributed by atoms with Crippen LogP contribution < -0.4 is 21.1 Å². The number of hydrogen-bond acceptors (Lipinski definition) is 4. The lowest BCUT2D eigenvalue weighted by atomic mass is 10.2. The van der Waals surface area contributed by atoms with Gasteiger partial charge in [0.2, 0.25) is 5.91 Å². The number of benzene rings is 2. The molecule has 0 saturated carbocycles. The summed E-state index contributed by atoms with van der Waals surface area (Å²) in [4.78, 5) is 12.0. The van der Waals surface area contributed by atoms with E-state index in [0.717, 1.165) is 11.4 Å². The van der Waals surface area contributed by atoms with E-state index in [4.69, 9.17) is 15.9 Å². The Morgan fingerprint density at radius 3 is 2.50 bits per heavy atom. The number of hydrogen-bond donors (Lipinski definition) is 4. The van der Waals surface area contributed by atoms with Crippen molar-refractivity contribution in [2.45, 2.75) is 20.0 Å². The van der Waals surface area contributed by atoms with Crippen molar-refractivity contribution in [2.24, 2.45) is 5.73 Å². The molecule has 0 atom stereocenters. The summed E-state index contributed by atoms with van der Waals surface area (Å²) in [5.41, 5.74) is 7.50. The Morgan fingerprint density at radius 2 is 1.88 bits per heavy atom. The molecule has 2 rings (SSSR count). The number of anilines is 2. The number of amides is 1. The number of rotatable bonds is 7. The average molecular weight is 326 g/mol. The quantitative estimate of drug-likeness (QED) is 0.464. The van der Waals surface area contributed by atoms with Gasteiger partial charge in [-0.25, -0.2) is 0 Å². The summed E-state index contributed by atoms with van der Waals surface area (Å²) in [5.74, 6) is 0.592. The zero-order chi connectivity index (χ0) is 17.5. The Bertz CT molecular complexity index is 711. The molecule has 0 saturated heterocycles. The second-order valence-corrected chi connectivity index (χ2v) is 5.59. The third-order valence-corrected chi connectivity index (χ3v) is 3.14. The van der Waals surface area contributed by atoms with E-state index >= 15 is 0 Å². The highest BCUT2D eigenvalue weighted by atomic mass is 16.5. The highest BCUT2D eigenvalue weighted by Crippen LogP contribution is 2.17. The maximum Gasteiger partial charge on any atom is 0.243 e. The summed E-state index contributed by atoms with van der Waals surface area (Å²) in [5, 5.41) is 13.2. The van der Waals surface area contributed by atoms with E-state index < -0.39 is 0 Å². The van der Waals surface area contributed by atoms with Gasteiger partial charge in [-0.1, -0.05) is 12.1 Å². The predicted molar refractivity (Wildman–Crippen MR) is 96.8 cm³/mol. The van der Waals surface area contributed by atoms with Crippen molar-refractivity contribution in [3.63, 3.8) is 0 Å². The topological polar surface area (TPSA) is 100 Å². The minimum absolute atomic E-state index is 0.00759. The van der Waals surface area contributed by atoms with Gasteiger partial charge in [0.15, 0.2) is 0 Å². The maximum absolute atomic E-state index is 12.0. The third kappa shape index (κ3) is 5.31. The predicted octanol–water partition coefficient (Wildman–Crippen LogP) is 2.81. The Kier molecular flexibility index (Phi) is 5.78. The van der Waals surface area contributed by atoms with Crippen LogP contribution in [0.5, 0.6) is 5.75 Å². The van der Waals surface area contributed by atoms with Gasteiger partial charge in [-0.3, -0.25) is 10.2 Å². The van der Waals surface area contributed by atoms with Crippen molar-refractivity contribution in [3.8, 4) is 5.75 Å². The number of ether oxygens (including phenoxy) is 1. The van der Waals surface area contributed by atoms with E-state index in [0.29, 0.717) is 11.3 Å². The summed E-state index contributed by atoms with van der Waals surface area (Å²) < 4.78 is 5.56. The molecule has 0 aromatic heterocycles.